The second kappa shape index (κ2) is 20.4. The number of rotatable bonds is 10. The number of nitrogens with zero attached hydrogens (tertiary/aromatic N) is 2. The number of hydrogen-bond donors (Lipinski definition) is 4. The van der Waals surface area contributed by atoms with Crippen LogP contribution < -0.4 is 10.6 Å². The Morgan fingerprint density at radius 2 is 1.56 bits per heavy atom. The summed E-state index contributed by atoms with van der Waals surface area (Å²) in [4.78, 5) is 15.4. The summed E-state index contributed by atoms with van der Waals surface area (Å²) in [6.07, 6.45) is 10.9. The Morgan fingerprint density at radius 1 is 1.02 bits per heavy atom. The fourth-order valence-electron chi connectivity index (χ4n) is 4.88. The van der Waals surface area contributed by atoms with Gasteiger partial charge in [0.25, 0.3) is 0 Å². The van der Waals surface area contributed by atoms with E-state index < -0.39 is 5.72 Å². The van der Waals surface area contributed by atoms with Crippen LogP contribution in [0.5, 0.6) is 0 Å². The summed E-state index contributed by atoms with van der Waals surface area (Å²) in [6, 6.07) is 7.96. The minimum Gasteiger partial charge on any atom is -0.394 e. The van der Waals surface area contributed by atoms with Gasteiger partial charge in [-0.3, -0.25) is 14.6 Å². The standard InChI is InChI=1S/C16H23NO.C15H26N2O.C3H7N.C2H7N/c1-12(2)14-9-17(10-14)16(3,4)15-7-5-6-13(8-15)11-18;1-5-6-7-8-14(16)15(4,18)17-10-9-13(11-17)12(2)3;1-3-4-2;1-3-2/h5-8,11-12,14H,9-10H2,1-4H3;5-8,12-13,16,18H,9-11H2,1-4H3;3-4H,1H2,2H3;3H,1-2H3/b;6-5+,8-7-,16-14?;;. The average molecular weight is 598 g/mol. The van der Waals surface area contributed by atoms with Gasteiger partial charge >= 0.3 is 0 Å². The van der Waals surface area contributed by atoms with E-state index in [2.05, 4.69) is 69.7 Å². The number of aliphatic hydroxyl groups is 1. The van der Waals surface area contributed by atoms with Gasteiger partial charge in [0.2, 0.25) is 0 Å². The third-order valence-corrected chi connectivity index (χ3v) is 8.44. The maximum Gasteiger partial charge on any atom is 0.158 e. The Kier molecular flexibility index (Phi) is 19.2. The van der Waals surface area contributed by atoms with Crippen LogP contribution in [0, 0.1) is 29.1 Å². The Labute approximate surface area is 264 Å². The summed E-state index contributed by atoms with van der Waals surface area (Å²) >= 11 is 0. The molecule has 7 heteroatoms. The summed E-state index contributed by atoms with van der Waals surface area (Å²) in [5.41, 5.74) is 1.12. The van der Waals surface area contributed by atoms with Crippen LogP contribution >= 0.6 is 0 Å². The van der Waals surface area contributed by atoms with Crippen molar-refractivity contribution in [3.63, 3.8) is 0 Å². The van der Waals surface area contributed by atoms with Crippen LogP contribution in [0.3, 0.4) is 0 Å². The number of aldehydes is 1. The molecule has 1 aromatic rings. The lowest BCUT2D eigenvalue weighted by molar-refractivity contribution is -0.0229. The lowest BCUT2D eigenvalue weighted by Crippen LogP contribution is -2.56. The lowest BCUT2D eigenvalue weighted by atomic mass is 9.81. The molecule has 0 aliphatic carbocycles. The zero-order chi connectivity index (χ0) is 33.2. The van der Waals surface area contributed by atoms with Crippen molar-refractivity contribution in [3.8, 4) is 0 Å². The first-order chi connectivity index (χ1) is 20.2. The van der Waals surface area contributed by atoms with E-state index in [0.29, 0.717) is 11.8 Å². The highest BCUT2D eigenvalue weighted by molar-refractivity contribution is 5.98. The smallest absolute Gasteiger partial charge is 0.158 e. The van der Waals surface area contributed by atoms with E-state index in [1.165, 1.54) is 5.56 Å². The SMILES string of the molecule is C/C=C/C=C\C(=N)C(C)(O)N1CCC(C(C)C)C1.C=CNC.CC(C)C1CN(C(C)(C)c2cccc(C=O)c2)C1.CNC. The molecule has 2 saturated heterocycles. The number of benzene rings is 1. The van der Waals surface area contributed by atoms with Gasteiger partial charge in [-0.25, -0.2) is 0 Å². The van der Waals surface area contributed by atoms with E-state index in [9.17, 15) is 9.90 Å². The molecule has 2 atom stereocenters. The number of carbonyl (C=O) groups is 1. The first kappa shape index (κ1) is 40.4. The van der Waals surface area contributed by atoms with Gasteiger partial charge in [0.15, 0.2) is 5.72 Å². The molecule has 3 rings (SSSR count). The second-order valence-corrected chi connectivity index (χ2v) is 12.8. The summed E-state index contributed by atoms with van der Waals surface area (Å²) in [6.45, 7) is 24.6. The minimum absolute atomic E-state index is 0.0183. The van der Waals surface area contributed by atoms with Crippen LogP contribution in [-0.2, 0) is 5.54 Å². The van der Waals surface area contributed by atoms with Crippen molar-refractivity contribution in [1.29, 1.82) is 5.41 Å². The van der Waals surface area contributed by atoms with Gasteiger partial charge < -0.3 is 21.1 Å². The van der Waals surface area contributed by atoms with Crippen molar-refractivity contribution < 1.29 is 9.90 Å². The first-order valence-corrected chi connectivity index (χ1v) is 15.7. The Bertz CT molecular complexity index is 1010. The molecule has 4 N–H and O–H groups in total. The van der Waals surface area contributed by atoms with E-state index in [4.69, 9.17) is 5.41 Å². The van der Waals surface area contributed by atoms with Crippen molar-refractivity contribution in [3.05, 3.63) is 72.5 Å². The van der Waals surface area contributed by atoms with E-state index in [-0.39, 0.29) is 11.3 Å². The third-order valence-electron chi connectivity index (χ3n) is 8.44. The van der Waals surface area contributed by atoms with Crippen LogP contribution in [0.4, 0.5) is 0 Å². The van der Waals surface area contributed by atoms with Crippen molar-refractivity contribution in [2.45, 2.75) is 73.1 Å². The van der Waals surface area contributed by atoms with Gasteiger partial charge in [0.05, 0.1) is 5.71 Å². The van der Waals surface area contributed by atoms with E-state index >= 15 is 0 Å². The van der Waals surface area contributed by atoms with Gasteiger partial charge in [-0.15, -0.1) is 0 Å². The number of nitrogens with one attached hydrogen (secondary N) is 3. The molecule has 0 radical (unpaired) electrons. The minimum atomic E-state index is -1.15. The summed E-state index contributed by atoms with van der Waals surface area (Å²) < 4.78 is 0. The number of likely N-dealkylation sites (tertiary alicyclic amines) is 2. The molecule has 0 bridgehead atoms. The van der Waals surface area contributed by atoms with Crippen molar-refractivity contribution in [1.82, 2.24) is 20.4 Å². The quantitative estimate of drug-likeness (QED) is 0.143. The largest absolute Gasteiger partial charge is 0.394 e. The van der Waals surface area contributed by atoms with E-state index in [1.54, 1.807) is 25.3 Å². The van der Waals surface area contributed by atoms with Crippen LogP contribution in [0.2, 0.25) is 0 Å². The highest BCUT2D eigenvalue weighted by Gasteiger charge is 2.40. The molecule has 2 aliphatic heterocycles. The van der Waals surface area contributed by atoms with Crippen LogP contribution in [-0.4, -0.2) is 80.0 Å². The molecule has 2 aliphatic rings. The predicted octanol–water partition coefficient (Wildman–Crippen LogP) is 6.33. The molecule has 2 unspecified atom stereocenters. The van der Waals surface area contributed by atoms with Gasteiger partial charge in [-0.1, -0.05) is 70.7 Å². The van der Waals surface area contributed by atoms with E-state index in [0.717, 1.165) is 56.3 Å². The Hall–Kier alpha value is -2.58. The Balaban J connectivity index is 0.000000675. The van der Waals surface area contributed by atoms with Gasteiger partial charge in [0, 0.05) is 44.3 Å². The normalized spacial score (nSPS) is 19.0. The van der Waals surface area contributed by atoms with Gasteiger partial charge in [0.1, 0.15) is 6.29 Å². The topological polar surface area (TPSA) is 91.7 Å². The zero-order valence-electron chi connectivity index (χ0n) is 29.1. The van der Waals surface area contributed by atoms with Crippen molar-refractivity contribution in [2.24, 2.45) is 23.7 Å². The van der Waals surface area contributed by atoms with Gasteiger partial charge in [-0.05, 0) is 95.8 Å². The van der Waals surface area contributed by atoms with Crippen molar-refractivity contribution in [2.75, 3.05) is 47.3 Å². The maximum atomic E-state index is 10.9. The highest BCUT2D eigenvalue weighted by Crippen LogP contribution is 2.36. The van der Waals surface area contributed by atoms with Crippen LogP contribution in [0.15, 0.2) is 61.3 Å². The van der Waals surface area contributed by atoms with Crippen LogP contribution in [0.1, 0.15) is 77.7 Å². The molecule has 2 fully saturated rings. The third kappa shape index (κ3) is 13.3. The molecule has 0 spiro atoms. The predicted molar refractivity (Wildman–Crippen MR) is 186 cm³/mol. The molecule has 7 nitrogen and oxygen atoms in total. The molecular formula is C36H63N5O2. The summed E-state index contributed by atoms with van der Waals surface area (Å²) in [5, 5.41) is 23.9. The Morgan fingerprint density at radius 3 is 2.00 bits per heavy atom. The molecule has 2 heterocycles. The molecule has 1 aromatic carbocycles. The van der Waals surface area contributed by atoms with Crippen LogP contribution in [0.25, 0.3) is 0 Å². The summed E-state index contributed by atoms with van der Waals surface area (Å²) in [7, 11) is 5.56. The van der Waals surface area contributed by atoms with Gasteiger partial charge in [-0.2, -0.15) is 0 Å². The zero-order valence-corrected chi connectivity index (χ0v) is 29.1. The van der Waals surface area contributed by atoms with E-state index in [1.807, 2.05) is 63.3 Å². The second-order valence-electron chi connectivity index (χ2n) is 12.8. The molecule has 0 saturated carbocycles. The molecular weight excluding hydrogens is 534 g/mol. The molecule has 0 amide bonds. The molecule has 43 heavy (non-hydrogen) atoms. The maximum absolute atomic E-state index is 10.9. The molecule has 244 valence electrons. The lowest BCUT2D eigenvalue weighted by Gasteiger charge is -2.51. The average Bonchev–Trinajstić information content (AvgIpc) is 3.45. The fraction of sp³-hybridized carbons (Fsp3) is 0.611. The monoisotopic (exact) mass is 597 g/mol. The number of allylic oxidation sites excluding steroid dienone is 3. The first-order valence-electron chi connectivity index (χ1n) is 15.7. The van der Waals surface area contributed by atoms with Crippen molar-refractivity contribution >= 4 is 12.0 Å². The number of hydrogen-bond acceptors (Lipinski definition) is 7. The highest BCUT2D eigenvalue weighted by atomic mass is 16.3. The number of carbonyl (C=O) groups excluding carboxylic acids is 1. The fourth-order valence-corrected chi connectivity index (χ4v) is 4.88. The molecule has 0 aromatic heterocycles. The summed E-state index contributed by atoms with van der Waals surface area (Å²) in [5.74, 6) is 2.85.